The smallest absolute Gasteiger partial charge is 0.870 e. The number of esters is 1. The molecule has 0 aliphatic heterocycles. The zero-order valence-corrected chi connectivity index (χ0v) is 53.1. The van der Waals surface area contributed by atoms with Gasteiger partial charge in [0.2, 0.25) is 0 Å². The molecule has 0 aliphatic rings. The fourth-order valence-corrected chi connectivity index (χ4v) is 11.7. The summed E-state index contributed by atoms with van der Waals surface area (Å²) in [5.41, 5.74) is -1.28. The molecule has 0 aliphatic carbocycles. The monoisotopic (exact) mass is 1290 g/mol. The average Bonchev–Trinajstić information content (AvgIpc) is 2.55. The predicted octanol–water partition coefficient (Wildman–Crippen LogP) is 13.5. The van der Waals surface area contributed by atoms with Crippen molar-refractivity contribution < 1.29 is 128 Å². The fraction of sp³-hybridized carbons (Fsp3) is 0.410. The first-order valence-electron chi connectivity index (χ1n) is 26.4. The first kappa shape index (κ1) is 77.6. The SMILES string of the molecule is CCC(CC)(c1ccc(/C=C/C(O)(C(F)(F)F)C(F)(F)F)c(C)c1)c1ccc(-c2nc(CC(=O)O)cs2)c(C)c1.CCOC(=O)Cc1csc(-c2ccc(C(CC)(CC)c3ccc(/C=C/C(O)(C(F)(F)F)C(F)(F)F)c(C)c3)cc2C)n1.COO.[Na+].[OH-]. The number of aliphatic carboxylic acids is 1. The van der Waals surface area contributed by atoms with Crippen molar-refractivity contribution in [1.29, 1.82) is 0 Å². The zero-order chi connectivity index (χ0) is 64.3. The van der Waals surface area contributed by atoms with Gasteiger partial charge in [-0.3, -0.25) is 14.8 Å². The molecule has 0 spiro atoms. The van der Waals surface area contributed by atoms with E-state index in [-0.39, 0.29) is 77.1 Å². The second-order valence-electron chi connectivity index (χ2n) is 20.0. The minimum absolute atomic E-state index is 0. The summed E-state index contributed by atoms with van der Waals surface area (Å²) in [6.07, 6.45) is -20.3. The van der Waals surface area contributed by atoms with Crippen LogP contribution in [0.4, 0.5) is 52.7 Å². The third-order valence-corrected chi connectivity index (χ3v) is 16.7. The summed E-state index contributed by atoms with van der Waals surface area (Å²) in [4.78, 5) is 35.1. The van der Waals surface area contributed by atoms with E-state index in [4.69, 9.17) is 15.1 Å². The Morgan fingerprint density at radius 2 is 0.828 bits per heavy atom. The molecule has 87 heavy (non-hydrogen) atoms. The van der Waals surface area contributed by atoms with Crippen LogP contribution in [-0.2, 0) is 42.9 Å². The zero-order valence-electron chi connectivity index (χ0n) is 49.5. The number of benzene rings is 4. The Morgan fingerprint density at radius 1 is 0.529 bits per heavy atom. The van der Waals surface area contributed by atoms with Crippen LogP contribution in [0.25, 0.3) is 33.3 Å². The van der Waals surface area contributed by atoms with Crippen LogP contribution in [0.15, 0.2) is 95.7 Å². The van der Waals surface area contributed by atoms with E-state index >= 15 is 0 Å². The van der Waals surface area contributed by atoms with Gasteiger partial charge in [-0.1, -0.05) is 113 Å². The van der Waals surface area contributed by atoms with Crippen molar-refractivity contribution in [3.05, 3.63) is 163 Å². The maximum Gasteiger partial charge on any atom is 1.00 e. The quantitative estimate of drug-likeness (QED) is 0.0199. The van der Waals surface area contributed by atoms with Crippen LogP contribution in [0, 0.1) is 27.7 Å². The molecule has 5 N–H and O–H groups in total. The number of aliphatic hydroxyl groups is 2. The van der Waals surface area contributed by atoms with E-state index in [2.05, 4.69) is 20.9 Å². The van der Waals surface area contributed by atoms with Gasteiger partial charge in [0.05, 0.1) is 37.9 Å². The molecule has 26 heteroatoms. The Morgan fingerprint density at radius 3 is 1.09 bits per heavy atom. The maximum absolute atomic E-state index is 13.1. The van der Waals surface area contributed by atoms with E-state index in [9.17, 15) is 72.5 Å². The third kappa shape index (κ3) is 17.7. The standard InChI is InChI=1S/C31H33F6NO3S.C29H29F6NO3S.CH4O2.Na.H2O/c1-6-28(7-2,22-10-9-21(19(4)15-22)13-14-29(40,30(32,33)34)31(35,36)37)23-11-12-25(20(5)16-23)27-38-24(18-42-27)17-26(39)41-8-3;1-5-26(6-2,21-9-10-23(18(4)14-21)25-36-22(16-40-25)15-24(37)38)20-8-7-19(17(3)13-20)11-12-27(39,28(30,31)32)29(33,34)35;1-3-2;;/h9-16,18,40H,6-8,17H2,1-5H3;7-14,16,39H,5-6,15H2,1-4H3,(H,37,38);2H,1H3;;1H2/q;;;+1;/p-1/b14-13+;12-11+;;;. The first-order valence-corrected chi connectivity index (χ1v) is 28.2. The number of hydrogen-bond acceptors (Lipinski definition) is 12. The molecular weight excluding hydrogens is 1220 g/mol. The van der Waals surface area contributed by atoms with Crippen molar-refractivity contribution in [3.8, 4) is 21.1 Å². The van der Waals surface area contributed by atoms with Gasteiger partial charge < -0.3 is 25.5 Å². The summed E-state index contributed by atoms with van der Waals surface area (Å²) >= 11 is 2.78. The van der Waals surface area contributed by atoms with Gasteiger partial charge in [-0.2, -0.15) is 52.7 Å². The van der Waals surface area contributed by atoms with Crippen molar-refractivity contribution in [2.45, 2.75) is 148 Å². The molecule has 472 valence electrons. The third-order valence-electron chi connectivity index (χ3n) is 14.9. The number of aromatic nitrogens is 2. The molecule has 0 atom stereocenters. The van der Waals surface area contributed by atoms with E-state index < -0.39 is 52.7 Å². The molecular formula is C61H67F12N2NaO9S2. The van der Waals surface area contributed by atoms with Gasteiger partial charge in [0.15, 0.2) is 0 Å². The Labute approximate surface area is 526 Å². The van der Waals surface area contributed by atoms with Crippen LogP contribution < -0.4 is 29.6 Å². The summed E-state index contributed by atoms with van der Waals surface area (Å²) in [5, 5.41) is 40.0. The molecule has 0 unspecified atom stereocenters. The molecule has 0 saturated heterocycles. The Bertz CT molecular complexity index is 3280. The normalized spacial score (nSPS) is 12.7. The van der Waals surface area contributed by atoms with Crippen LogP contribution in [0.3, 0.4) is 0 Å². The Hall–Kier alpha value is -5.48. The van der Waals surface area contributed by atoms with Crippen LogP contribution in [0.2, 0.25) is 0 Å². The Balaban J connectivity index is 0.000000556. The predicted molar refractivity (Wildman–Crippen MR) is 305 cm³/mol. The number of halogens is 12. The average molecular weight is 1290 g/mol. The molecule has 0 radical (unpaired) electrons. The number of carbonyl (C=O) groups is 2. The minimum Gasteiger partial charge on any atom is -0.870 e. The summed E-state index contributed by atoms with van der Waals surface area (Å²) in [5.74, 6) is -1.31. The number of hydrogen-bond donors (Lipinski definition) is 4. The van der Waals surface area contributed by atoms with Crippen LogP contribution in [-0.4, -0.2) is 97.6 Å². The van der Waals surface area contributed by atoms with Crippen LogP contribution in [0.1, 0.15) is 127 Å². The van der Waals surface area contributed by atoms with Crippen LogP contribution >= 0.6 is 22.7 Å². The van der Waals surface area contributed by atoms with Gasteiger partial charge in [0.1, 0.15) is 10.0 Å². The number of thiazole rings is 2. The molecule has 0 saturated carbocycles. The molecule has 4 aromatic carbocycles. The molecule has 11 nitrogen and oxygen atoms in total. The molecule has 2 aromatic heterocycles. The van der Waals surface area contributed by atoms with E-state index in [1.54, 1.807) is 50.4 Å². The fourth-order valence-electron chi connectivity index (χ4n) is 9.85. The molecule has 0 amide bonds. The largest absolute Gasteiger partial charge is 1.00 e. The topological polar surface area (TPSA) is 189 Å². The number of aryl methyl sites for hydroxylation is 4. The molecule has 0 fully saturated rings. The van der Waals surface area contributed by atoms with Crippen molar-refractivity contribution in [3.63, 3.8) is 0 Å². The van der Waals surface area contributed by atoms with Crippen LogP contribution in [0.5, 0.6) is 0 Å². The van der Waals surface area contributed by atoms with Gasteiger partial charge in [-0.05, 0) is 128 Å². The van der Waals surface area contributed by atoms with Crippen molar-refractivity contribution in [1.82, 2.24) is 9.97 Å². The number of ether oxygens (including phenoxy) is 1. The van der Waals surface area contributed by atoms with Crippen molar-refractivity contribution >= 4 is 46.8 Å². The van der Waals surface area contributed by atoms with E-state index in [0.717, 1.165) is 49.5 Å². The van der Waals surface area contributed by atoms with Gasteiger partial charge in [-0.25, -0.2) is 14.9 Å². The summed E-state index contributed by atoms with van der Waals surface area (Å²) in [6.45, 7) is 17.2. The van der Waals surface area contributed by atoms with Crippen molar-refractivity contribution in [2.24, 2.45) is 0 Å². The van der Waals surface area contributed by atoms with E-state index in [1.807, 2.05) is 77.3 Å². The van der Waals surface area contributed by atoms with Gasteiger partial charge in [0.25, 0.3) is 11.2 Å². The summed E-state index contributed by atoms with van der Waals surface area (Å²) in [7, 11) is 1.18. The number of carbonyl (C=O) groups excluding carboxylic acids is 1. The number of alkyl halides is 12. The number of carboxylic acid groups (broad SMARTS) is 1. The second kappa shape index (κ2) is 31.3. The minimum atomic E-state index is -5.93. The Kier molecular flexibility index (Phi) is 27.9. The number of nitrogens with zero attached hydrogens (tertiary/aromatic N) is 2. The van der Waals surface area contributed by atoms with E-state index in [1.165, 1.54) is 41.9 Å². The van der Waals surface area contributed by atoms with Crippen molar-refractivity contribution in [2.75, 3.05) is 13.7 Å². The molecule has 6 aromatic rings. The van der Waals surface area contributed by atoms with Gasteiger partial charge >= 0.3 is 66.2 Å². The molecule has 0 bridgehead atoms. The first-order chi connectivity index (χ1) is 39.4. The summed E-state index contributed by atoms with van der Waals surface area (Å²) < 4.78 is 162. The number of carboxylic acids is 1. The summed E-state index contributed by atoms with van der Waals surface area (Å²) in [6, 6.07) is 21.7. The second-order valence-corrected chi connectivity index (χ2v) is 21.7. The maximum atomic E-state index is 13.1. The number of rotatable bonds is 19. The van der Waals surface area contributed by atoms with E-state index in [0.29, 0.717) is 72.0 Å². The van der Waals surface area contributed by atoms with Gasteiger partial charge in [-0.15, -0.1) is 22.7 Å². The van der Waals surface area contributed by atoms with Gasteiger partial charge in [0, 0.05) is 32.7 Å². The molecule has 2 heterocycles. The molecule has 6 rings (SSSR count).